The third-order valence-corrected chi connectivity index (χ3v) is 6.11. The summed E-state index contributed by atoms with van der Waals surface area (Å²) in [6, 6.07) is 13.7. The molecule has 0 saturated carbocycles. The molecule has 1 atom stereocenters. The van der Waals surface area contributed by atoms with Crippen molar-refractivity contribution in [2.75, 3.05) is 11.9 Å². The highest BCUT2D eigenvalue weighted by Gasteiger charge is 2.35. The fraction of sp³-hybridized carbons (Fsp3) is 0.261. The fourth-order valence-electron chi connectivity index (χ4n) is 3.70. The van der Waals surface area contributed by atoms with Crippen LogP contribution in [0.1, 0.15) is 36.6 Å². The zero-order valence-corrected chi connectivity index (χ0v) is 19.3. The summed E-state index contributed by atoms with van der Waals surface area (Å²) in [5.41, 5.74) is 3.98. The second kappa shape index (κ2) is 9.45. The normalized spacial score (nSPS) is 15.1. The molecule has 1 aliphatic heterocycles. The van der Waals surface area contributed by atoms with Gasteiger partial charge in [-0.05, 0) is 44.0 Å². The lowest BCUT2D eigenvalue weighted by Gasteiger charge is -2.28. The number of rotatable bonds is 7. The van der Waals surface area contributed by atoms with E-state index in [9.17, 15) is 14.9 Å². The molecule has 2 aromatic carbocycles. The maximum atomic E-state index is 12.8. The highest BCUT2D eigenvalue weighted by Crippen LogP contribution is 2.37. The first kappa shape index (κ1) is 22.5. The molecule has 2 heterocycles. The topological polar surface area (TPSA) is 112 Å². The van der Waals surface area contributed by atoms with Crippen molar-refractivity contribution in [1.29, 1.82) is 0 Å². The Bertz CT molecular complexity index is 1240. The van der Waals surface area contributed by atoms with Crippen molar-refractivity contribution in [3.8, 4) is 0 Å². The van der Waals surface area contributed by atoms with Crippen molar-refractivity contribution in [2.24, 2.45) is 0 Å². The standard InChI is InChI=1S/C23H23N5O4S/c1-4-32-21(29)19-15(3)24-22-25-23(33-13-16-7-5-6-14(2)12-16)26-27(22)20(19)17-8-10-18(11-9-17)28(30)31/h5-12,20H,4,13H2,1-3H3,(H,24,25,26). The van der Waals surface area contributed by atoms with Gasteiger partial charge < -0.3 is 10.1 Å². The lowest BCUT2D eigenvalue weighted by molar-refractivity contribution is -0.384. The number of esters is 1. The van der Waals surface area contributed by atoms with E-state index in [4.69, 9.17) is 4.74 Å². The van der Waals surface area contributed by atoms with Crippen molar-refractivity contribution in [2.45, 2.75) is 37.7 Å². The van der Waals surface area contributed by atoms with E-state index in [1.54, 1.807) is 30.7 Å². The first-order valence-corrected chi connectivity index (χ1v) is 11.4. The number of ether oxygens (including phenoxy) is 1. The Morgan fingerprint density at radius 3 is 2.67 bits per heavy atom. The van der Waals surface area contributed by atoms with Crippen LogP contribution >= 0.6 is 11.8 Å². The maximum Gasteiger partial charge on any atom is 0.338 e. The predicted molar refractivity (Wildman–Crippen MR) is 125 cm³/mol. The van der Waals surface area contributed by atoms with Crippen molar-refractivity contribution < 1.29 is 14.5 Å². The van der Waals surface area contributed by atoms with Crippen molar-refractivity contribution in [3.63, 3.8) is 0 Å². The number of hydrogen-bond acceptors (Lipinski definition) is 8. The third-order valence-electron chi connectivity index (χ3n) is 5.20. The Hall–Kier alpha value is -3.66. The van der Waals surface area contributed by atoms with Crippen LogP contribution in [-0.2, 0) is 15.3 Å². The summed E-state index contributed by atoms with van der Waals surface area (Å²) in [5, 5.41) is 19.5. The number of nitrogens with zero attached hydrogens (tertiary/aromatic N) is 4. The van der Waals surface area contributed by atoms with Gasteiger partial charge in [0.25, 0.3) is 5.69 Å². The minimum atomic E-state index is -0.623. The van der Waals surface area contributed by atoms with Gasteiger partial charge in [-0.25, -0.2) is 9.48 Å². The van der Waals surface area contributed by atoms with E-state index in [0.29, 0.717) is 33.7 Å². The Kier molecular flexibility index (Phi) is 6.45. The highest BCUT2D eigenvalue weighted by atomic mass is 32.2. The number of thioether (sulfide) groups is 1. The quantitative estimate of drug-likeness (QED) is 0.232. The molecule has 4 rings (SSSR count). The average molecular weight is 466 g/mol. The summed E-state index contributed by atoms with van der Waals surface area (Å²) in [5.74, 6) is 0.724. The largest absolute Gasteiger partial charge is 0.463 e. The average Bonchev–Trinajstić information content (AvgIpc) is 3.19. The van der Waals surface area contributed by atoms with E-state index >= 15 is 0 Å². The van der Waals surface area contributed by atoms with Gasteiger partial charge in [0.2, 0.25) is 11.1 Å². The van der Waals surface area contributed by atoms with Gasteiger partial charge in [0.05, 0.1) is 17.1 Å². The van der Waals surface area contributed by atoms with E-state index in [0.717, 1.165) is 5.56 Å². The first-order valence-electron chi connectivity index (χ1n) is 10.4. The molecule has 3 aromatic rings. The van der Waals surface area contributed by atoms with Crippen molar-refractivity contribution >= 4 is 29.4 Å². The third kappa shape index (κ3) is 4.75. The molecule has 0 bridgehead atoms. The van der Waals surface area contributed by atoms with Crippen LogP contribution in [0.4, 0.5) is 11.6 Å². The van der Waals surface area contributed by atoms with Crippen LogP contribution < -0.4 is 5.32 Å². The Morgan fingerprint density at radius 2 is 2.00 bits per heavy atom. The summed E-state index contributed by atoms with van der Waals surface area (Å²) in [6.07, 6.45) is 0. The number of nitro groups is 1. The second-order valence-electron chi connectivity index (χ2n) is 7.58. The SMILES string of the molecule is CCOC(=O)C1=C(C)Nc2nc(SCc3cccc(C)c3)nn2C1c1ccc([N+](=O)[O-])cc1. The molecule has 1 aromatic heterocycles. The molecule has 1 aliphatic rings. The number of benzene rings is 2. The number of anilines is 1. The summed E-state index contributed by atoms with van der Waals surface area (Å²) in [4.78, 5) is 28.1. The molecule has 0 aliphatic carbocycles. The molecule has 10 heteroatoms. The van der Waals surface area contributed by atoms with Crippen LogP contribution in [0.3, 0.4) is 0 Å². The van der Waals surface area contributed by atoms with Gasteiger partial charge in [0.1, 0.15) is 6.04 Å². The number of carbonyl (C=O) groups excluding carboxylic acids is 1. The summed E-state index contributed by atoms with van der Waals surface area (Å²) < 4.78 is 6.93. The van der Waals surface area contributed by atoms with Crippen molar-refractivity contribution in [1.82, 2.24) is 14.8 Å². The molecule has 1 N–H and O–H groups in total. The molecule has 0 spiro atoms. The van der Waals surface area contributed by atoms with E-state index in [1.807, 2.05) is 19.1 Å². The lowest BCUT2D eigenvalue weighted by atomic mass is 9.95. The van der Waals surface area contributed by atoms with Gasteiger partial charge in [-0.15, -0.1) is 5.10 Å². The Morgan fingerprint density at radius 1 is 1.24 bits per heavy atom. The van der Waals surface area contributed by atoms with Gasteiger partial charge in [-0.2, -0.15) is 4.98 Å². The monoisotopic (exact) mass is 465 g/mol. The second-order valence-corrected chi connectivity index (χ2v) is 8.52. The molecular formula is C23H23N5O4S. The van der Waals surface area contributed by atoms with Crippen LogP contribution in [-0.4, -0.2) is 32.3 Å². The number of nitro benzene ring substituents is 1. The van der Waals surface area contributed by atoms with E-state index in [-0.39, 0.29) is 12.3 Å². The van der Waals surface area contributed by atoms with E-state index in [2.05, 4.69) is 27.5 Å². The summed E-state index contributed by atoms with van der Waals surface area (Å²) >= 11 is 1.49. The molecule has 33 heavy (non-hydrogen) atoms. The van der Waals surface area contributed by atoms with Gasteiger partial charge in [-0.1, -0.05) is 41.6 Å². The lowest BCUT2D eigenvalue weighted by Crippen LogP contribution is -2.29. The number of hydrogen-bond donors (Lipinski definition) is 1. The zero-order valence-electron chi connectivity index (χ0n) is 18.4. The molecule has 0 fully saturated rings. The van der Waals surface area contributed by atoms with Crippen molar-refractivity contribution in [3.05, 3.63) is 86.6 Å². The molecule has 0 amide bonds. The molecule has 1 unspecified atom stereocenters. The number of nitrogens with one attached hydrogen (secondary N) is 1. The highest BCUT2D eigenvalue weighted by molar-refractivity contribution is 7.98. The van der Waals surface area contributed by atoms with Crippen LogP contribution in [0.2, 0.25) is 0 Å². The van der Waals surface area contributed by atoms with Gasteiger partial charge in [0.15, 0.2) is 0 Å². The number of non-ortho nitro benzene ring substituents is 1. The van der Waals surface area contributed by atoms with E-state index in [1.165, 1.54) is 29.5 Å². The molecular weight excluding hydrogens is 442 g/mol. The van der Waals surface area contributed by atoms with Gasteiger partial charge in [0, 0.05) is 23.6 Å². The molecule has 0 saturated heterocycles. The van der Waals surface area contributed by atoms with Crippen LogP contribution in [0, 0.1) is 17.0 Å². The Balaban J connectivity index is 1.70. The molecule has 9 nitrogen and oxygen atoms in total. The van der Waals surface area contributed by atoms with Gasteiger partial charge >= 0.3 is 5.97 Å². The number of fused-ring (bicyclic) bond motifs is 1. The first-order chi connectivity index (χ1) is 15.9. The number of aromatic nitrogens is 3. The summed E-state index contributed by atoms with van der Waals surface area (Å²) in [6.45, 7) is 5.80. The number of allylic oxidation sites excluding steroid dienone is 1. The molecule has 170 valence electrons. The summed E-state index contributed by atoms with van der Waals surface area (Å²) in [7, 11) is 0. The smallest absolute Gasteiger partial charge is 0.338 e. The predicted octanol–water partition coefficient (Wildman–Crippen LogP) is 4.64. The van der Waals surface area contributed by atoms with Crippen LogP contribution in [0.25, 0.3) is 0 Å². The molecule has 0 radical (unpaired) electrons. The van der Waals surface area contributed by atoms with Crippen LogP contribution in [0.5, 0.6) is 0 Å². The minimum Gasteiger partial charge on any atom is -0.463 e. The zero-order chi connectivity index (χ0) is 23.5. The van der Waals surface area contributed by atoms with Gasteiger partial charge in [-0.3, -0.25) is 10.1 Å². The maximum absolute atomic E-state index is 12.8. The number of carbonyl (C=O) groups is 1. The minimum absolute atomic E-state index is 0.0284. The van der Waals surface area contributed by atoms with Crippen LogP contribution in [0.15, 0.2) is 65.0 Å². The van der Waals surface area contributed by atoms with E-state index < -0.39 is 16.9 Å². The Labute approximate surface area is 195 Å². The fourth-order valence-corrected chi connectivity index (χ4v) is 4.47. The number of aryl methyl sites for hydroxylation is 1.